The SMILES string of the molecule is CCC(C)C(NC(=O)C(CCCCN)NC(=O)C(N)CCCN=C(N)N)C(=O)N1CCCC1C(=O)O. The lowest BCUT2D eigenvalue weighted by atomic mass is 9.96. The third-order valence-corrected chi connectivity index (χ3v) is 6.48. The van der Waals surface area contributed by atoms with E-state index in [-0.39, 0.29) is 11.9 Å². The molecule has 3 amide bonds. The summed E-state index contributed by atoms with van der Waals surface area (Å²) in [6.45, 7) is 4.80. The second kappa shape index (κ2) is 15.9. The number of nitrogens with zero attached hydrogens (tertiary/aromatic N) is 2. The number of carbonyl (C=O) groups excluding carboxylic acids is 3. The molecule has 1 fully saturated rings. The van der Waals surface area contributed by atoms with Gasteiger partial charge in [-0.15, -0.1) is 0 Å². The second-order valence-electron chi connectivity index (χ2n) is 9.30. The van der Waals surface area contributed by atoms with E-state index in [4.69, 9.17) is 22.9 Å². The first-order valence-electron chi connectivity index (χ1n) is 12.7. The number of carboxylic acids is 1. The summed E-state index contributed by atoms with van der Waals surface area (Å²) in [6, 6.07) is -3.60. The van der Waals surface area contributed by atoms with Crippen molar-refractivity contribution in [2.45, 2.75) is 89.4 Å². The Kier molecular flexibility index (Phi) is 13.8. The van der Waals surface area contributed by atoms with Gasteiger partial charge in [0.2, 0.25) is 17.7 Å². The highest BCUT2D eigenvalue weighted by molar-refractivity contribution is 5.94. The summed E-state index contributed by atoms with van der Waals surface area (Å²) in [5.41, 5.74) is 22.1. The van der Waals surface area contributed by atoms with Crippen molar-refractivity contribution in [3.05, 3.63) is 0 Å². The molecule has 206 valence electrons. The second-order valence-corrected chi connectivity index (χ2v) is 9.30. The Balaban J connectivity index is 2.93. The van der Waals surface area contributed by atoms with E-state index >= 15 is 0 Å². The molecular weight excluding hydrogens is 468 g/mol. The standard InChI is InChI=1S/C23H44N8O5/c1-3-14(2)18(21(34)31-13-7-10-17(31)22(35)36)30-20(33)16(9-4-5-11-24)29-19(32)15(25)8-6-12-28-23(26)27/h14-18H,3-13,24-25H2,1-2H3,(H,29,32)(H,30,33)(H,35,36)(H4,26,27,28). The van der Waals surface area contributed by atoms with E-state index in [1.165, 1.54) is 4.90 Å². The van der Waals surface area contributed by atoms with Crippen molar-refractivity contribution < 1.29 is 24.3 Å². The fourth-order valence-electron chi connectivity index (χ4n) is 4.09. The number of carboxylic acid groups (broad SMARTS) is 1. The minimum atomic E-state index is -1.06. The average Bonchev–Trinajstić information content (AvgIpc) is 3.33. The van der Waals surface area contributed by atoms with Crippen molar-refractivity contribution in [1.29, 1.82) is 0 Å². The Labute approximate surface area is 212 Å². The normalized spacial score (nSPS) is 18.6. The van der Waals surface area contributed by atoms with Gasteiger partial charge in [0.1, 0.15) is 18.1 Å². The summed E-state index contributed by atoms with van der Waals surface area (Å²) >= 11 is 0. The van der Waals surface area contributed by atoms with Gasteiger partial charge in [-0.2, -0.15) is 0 Å². The molecule has 1 rings (SSSR count). The lowest BCUT2D eigenvalue weighted by Gasteiger charge is -2.31. The van der Waals surface area contributed by atoms with Crippen molar-refractivity contribution >= 4 is 29.7 Å². The van der Waals surface area contributed by atoms with Crippen LogP contribution in [0.15, 0.2) is 4.99 Å². The molecule has 5 atom stereocenters. The number of hydrogen-bond donors (Lipinski definition) is 7. The van der Waals surface area contributed by atoms with Gasteiger partial charge >= 0.3 is 5.97 Å². The van der Waals surface area contributed by atoms with Crippen LogP contribution in [0.5, 0.6) is 0 Å². The van der Waals surface area contributed by atoms with Gasteiger partial charge in [0.25, 0.3) is 0 Å². The molecule has 13 heteroatoms. The number of nitrogens with two attached hydrogens (primary N) is 4. The lowest BCUT2D eigenvalue weighted by molar-refractivity contribution is -0.150. The molecular formula is C23H44N8O5. The molecule has 1 saturated heterocycles. The van der Waals surface area contributed by atoms with Gasteiger partial charge in [-0.05, 0) is 57.4 Å². The maximum Gasteiger partial charge on any atom is 0.326 e. The molecule has 0 aromatic rings. The largest absolute Gasteiger partial charge is 0.480 e. The van der Waals surface area contributed by atoms with E-state index in [1.54, 1.807) is 0 Å². The fraction of sp³-hybridized carbons (Fsp3) is 0.783. The topological polar surface area (TPSA) is 232 Å². The van der Waals surface area contributed by atoms with Gasteiger partial charge in [0.15, 0.2) is 5.96 Å². The van der Waals surface area contributed by atoms with E-state index in [1.807, 2.05) is 13.8 Å². The van der Waals surface area contributed by atoms with Crippen LogP contribution >= 0.6 is 0 Å². The van der Waals surface area contributed by atoms with Crippen molar-refractivity contribution in [1.82, 2.24) is 15.5 Å². The first-order valence-corrected chi connectivity index (χ1v) is 12.7. The lowest BCUT2D eigenvalue weighted by Crippen LogP contribution is -2.58. The predicted octanol–water partition coefficient (Wildman–Crippen LogP) is -1.41. The first kappa shape index (κ1) is 31.1. The summed E-state index contributed by atoms with van der Waals surface area (Å²) in [5, 5.41) is 15.0. The maximum atomic E-state index is 13.3. The molecule has 1 aliphatic rings. The molecule has 1 heterocycles. The monoisotopic (exact) mass is 512 g/mol. The summed E-state index contributed by atoms with van der Waals surface area (Å²) < 4.78 is 0. The van der Waals surface area contributed by atoms with Crippen molar-refractivity contribution in [3.63, 3.8) is 0 Å². The molecule has 0 saturated carbocycles. The molecule has 0 aliphatic carbocycles. The van der Waals surface area contributed by atoms with E-state index in [0.717, 1.165) is 0 Å². The third-order valence-electron chi connectivity index (χ3n) is 6.48. The van der Waals surface area contributed by atoms with E-state index in [0.29, 0.717) is 71.0 Å². The molecule has 0 aromatic heterocycles. The van der Waals surface area contributed by atoms with Crippen molar-refractivity contribution in [3.8, 4) is 0 Å². The minimum absolute atomic E-state index is 0.0429. The van der Waals surface area contributed by atoms with Gasteiger partial charge in [0, 0.05) is 13.1 Å². The molecule has 0 bridgehead atoms. The van der Waals surface area contributed by atoms with Crippen LogP contribution in [0, 0.1) is 5.92 Å². The number of nitrogens with one attached hydrogen (secondary N) is 2. The van der Waals surface area contributed by atoms with E-state index in [2.05, 4.69) is 15.6 Å². The summed E-state index contributed by atoms with van der Waals surface area (Å²) in [6.07, 6.45) is 3.92. The zero-order valence-corrected chi connectivity index (χ0v) is 21.4. The fourth-order valence-corrected chi connectivity index (χ4v) is 4.09. The van der Waals surface area contributed by atoms with Crippen molar-refractivity contribution in [2.24, 2.45) is 33.8 Å². The van der Waals surface area contributed by atoms with Crippen LogP contribution in [-0.4, -0.2) is 83.5 Å². The molecule has 11 N–H and O–H groups in total. The number of guanidine groups is 1. The summed E-state index contributed by atoms with van der Waals surface area (Å²) in [4.78, 5) is 56.0. The van der Waals surface area contributed by atoms with Crippen LogP contribution < -0.4 is 33.6 Å². The number of rotatable bonds is 16. The molecule has 0 radical (unpaired) electrons. The van der Waals surface area contributed by atoms with Crippen LogP contribution in [-0.2, 0) is 19.2 Å². The van der Waals surface area contributed by atoms with Gasteiger partial charge in [-0.3, -0.25) is 19.4 Å². The average molecular weight is 513 g/mol. The van der Waals surface area contributed by atoms with Crippen LogP contribution in [0.25, 0.3) is 0 Å². The quantitative estimate of drug-likeness (QED) is 0.0729. The Morgan fingerprint density at radius 1 is 1.08 bits per heavy atom. The van der Waals surface area contributed by atoms with Crippen LogP contribution in [0.4, 0.5) is 0 Å². The smallest absolute Gasteiger partial charge is 0.326 e. The van der Waals surface area contributed by atoms with Gasteiger partial charge in [0.05, 0.1) is 6.04 Å². The van der Waals surface area contributed by atoms with Gasteiger partial charge in [-0.1, -0.05) is 20.3 Å². The minimum Gasteiger partial charge on any atom is -0.480 e. The molecule has 5 unspecified atom stereocenters. The molecule has 13 nitrogen and oxygen atoms in total. The van der Waals surface area contributed by atoms with Crippen LogP contribution in [0.3, 0.4) is 0 Å². The highest BCUT2D eigenvalue weighted by atomic mass is 16.4. The van der Waals surface area contributed by atoms with Crippen molar-refractivity contribution in [2.75, 3.05) is 19.6 Å². The van der Waals surface area contributed by atoms with E-state index < -0.39 is 47.9 Å². The molecule has 0 aromatic carbocycles. The number of hydrogen-bond acceptors (Lipinski definition) is 7. The maximum absolute atomic E-state index is 13.3. The number of carbonyl (C=O) groups is 4. The first-order chi connectivity index (χ1) is 17.0. The highest BCUT2D eigenvalue weighted by Crippen LogP contribution is 2.21. The number of amides is 3. The Morgan fingerprint density at radius 2 is 1.78 bits per heavy atom. The van der Waals surface area contributed by atoms with E-state index in [9.17, 15) is 24.3 Å². The molecule has 0 spiro atoms. The highest BCUT2D eigenvalue weighted by Gasteiger charge is 2.39. The summed E-state index contributed by atoms with van der Waals surface area (Å²) in [5.74, 6) is -2.78. The van der Waals surface area contributed by atoms with Crippen LogP contribution in [0.1, 0.15) is 65.2 Å². The Bertz CT molecular complexity index is 774. The van der Waals surface area contributed by atoms with Crippen LogP contribution in [0.2, 0.25) is 0 Å². The number of unbranched alkanes of at least 4 members (excludes halogenated alkanes) is 1. The Morgan fingerprint density at radius 3 is 2.36 bits per heavy atom. The third kappa shape index (κ3) is 9.97. The number of aliphatic carboxylic acids is 1. The van der Waals surface area contributed by atoms with Gasteiger partial charge < -0.3 is 43.6 Å². The zero-order chi connectivity index (χ0) is 27.3. The predicted molar refractivity (Wildman–Crippen MR) is 136 cm³/mol. The summed E-state index contributed by atoms with van der Waals surface area (Å²) in [7, 11) is 0. The zero-order valence-electron chi connectivity index (χ0n) is 21.4. The number of likely N-dealkylation sites (tertiary alicyclic amines) is 1. The molecule has 36 heavy (non-hydrogen) atoms. The molecule has 1 aliphatic heterocycles. The Hall–Kier alpha value is -2.93. The van der Waals surface area contributed by atoms with Gasteiger partial charge in [-0.25, -0.2) is 4.79 Å². The number of aliphatic imine (C=N–C) groups is 1.